The van der Waals surface area contributed by atoms with Gasteiger partial charge in [0, 0.05) is 11.7 Å². The molecular formula is C12H14FN5. The van der Waals surface area contributed by atoms with Gasteiger partial charge < -0.3 is 10.6 Å². The van der Waals surface area contributed by atoms with E-state index in [4.69, 9.17) is 0 Å². The minimum absolute atomic E-state index is 0.264. The van der Waals surface area contributed by atoms with Gasteiger partial charge in [-0.1, -0.05) is 0 Å². The number of halogens is 1. The van der Waals surface area contributed by atoms with Gasteiger partial charge in [-0.15, -0.1) is 5.10 Å². The lowest BCUT2D eigenvalue weighted by Gasteiger charge is -2.09. The Kier molecular flexibility index (Phi) is 3.66. The number of aromatic nitrogens is 3. The monoisotopic (exact) mass is 247 g/mol. The smallest absolute Gasteiger partial charge is 0.249 e. The highest BCUT2D eigenvalue weighted by Gasteiger charge is 2.02. The summed E-state index contributed by atoms with van der Waals surface area (Å²) in [7, 11) is 0. The first-order chi connectivity index (χ1) is 8.63. The molecule has 0 spiro atoms. The van der Waals surface area contributed by atoms with Gasteiger partial charge in [0.25, 0.3) is 0 Å². The molecule has 2 rings (SSSR count). The highest BCUT2D eigenvalue weighted by Crippen LogP contribution is 2.14. The Morgan fingerprint density at radius 3 is 2.56 bits per heavy atom. The van der Waals surface area contributed by atoms with Crippen LogP contribution in [-0.2, 0) is 0 Å². The number of hydrogen-bond donors (Lipinski definition) is 2. The molecule has 0 unspecified atom stereocenters. The Hall–Kier alpha value is -2.24. The number of benzene rings is 1. The standard InChI is InChI=1S/C12H14FN5/c1-8(2)15-11-7-14-18-12(17-11)16-10-5-3-9(13)4-6-10/h3-8H,1-2H3,(H2,15,16,17,18). The average Bonchev–Trinajstić information content (AvgIpc) is 2.32. The van der Waals surface area contributed by atoms with Gasteiger partial charge in [-0.3, -0.25) is 0 Å². The van der Waals surface area contributed by atoms with E-state index in [1.807, 2.05) is 13.8 Å². The lowest BCUT2D eigenvalue weighted by atomic mass is 10.3. The van der Waals surface area contributed by atoms with Crippen LogP contribution >= 0.6 is 0 Å². The van der Waals surface area contributed by atoms with Crippen molar-refractivity contribution >= 4 is 17.5 Å². The third-order valence-corrected chi connectivity index (χ3v) is 2.10. The van der Waals surface area contributed by atoms with Crippen LogP contribution in [0.15, 0.2) is 30.5 Å². The molecule has 0 aliphatic rings. The van der Waals surface area contributed by atoms with Crippen molar-refractivity contribution in [3.8, 4) is 0 Å². The summed E-state index contributed by atoms with van der Waals surface area (Å²) < 4.78 is 12.8. The minimum atomic E-state index is -0.283. The van der Waals surface area contributed by atoms with Gasteiger partial charge in [0.2, 0.25) is 5.95 Å². The second kappa shape index (κ2) is 5.39. The molecule has 1 aromatic heterocycles. The SMILES string of the molecule is CC(C)Nc1cnnc(Nc2ccc(F)cc2)n1. The summed E-state index contributed by atoms with van der Waals surface area (Å²) in [6.45, 7) is 4.02. The first-order valence-electron chi connectivity index (χ1n) is 5.62. The highest BCUT2D eigenvalue weighted by atomic mass is 19.1. The van der Waals surface area contributed by atoms with Crippen molar-refractivity contribution in [2.75, 3.05) is 10.6 Å². The van der Waals surface area contributed by atoms with Gasteiger partial charge >= 0.3 is 0 Å². The van der Waals surface area contributed by atoms with Crippen molar-refractivity contribution in [3.05, 3.63) is 36.3 Å². The first kappa shape index (κ1) is 12.2. The van der Waals surface area contributed by atoms with Gasteiger partial charge in [-0.2, -0.15) is 10.1 Å². The summed E-state index contributed by atoms with van der Waals surface area (Å²) in [6.07, 6.45) is 1.55. The van der Waals surface area contributed by atoms with Crippen LogP contribution in [0.1, 0.15) is 13.8 Å². The zero-order valence-electron chi connectivity index (χ0n) is 10.2. The van der Waals surface area contributed by atoms with Crippen molar-refractivity contribution in [2.24, 2.45) is 0 Å². The van der Waals surface area contributed by atoms with Gasteiger partial charge in [0.1, 0.15) is 5.82 Å². The molecule has 1 heterocycles. The molecule has 0 atom stereocenters. The predicted molar refractivity (Wildman–Crippen MR) is 68.3 cm³/mol. The van der Waals surface area contributed by atoms with Crippen LogP contribution in [0.25, 0.3) is 0 Å². The Labute approximate surface area is 104 Å². The number of anilines is 3. The van der Waals surface area contributed by atoms with E-state index in [9.17, 15) is 4.39 Å². The normalized spacial score (nSPS) is 10.4. The molecule has 0 aliphatic heterocycles. The van der Waals surface area contributed by atoms with E-state index >= 15 is 0 Å². The zero-order valence-corrected chi connectivity index (χ0v) is 10.2. The third-order valence-electron chi connectivity index (χ3n) is 2.10. The fourth-order valence-electron chi connectivity index (χ4n) is 1.38. The first-order valence-corrected chi connectivity index (χ1v) is 5.62. The molecule has 0 radical (unpaired) electrons. The third kappa shape index (κ3) is 3.38. The lowest BCUT2D eigenvalue weighted by molar-refractivity contribution is 0.628. The summed E-state index contributed by atoms with van der Waals surface area (Å²) in [6, 6.07) is 6.22. The van der Waals surface area contributed by atoms with Crippen molar-refractivity contribution in [1.82, 2.24) is 15.2 Å². The van der Waals surface area contributed by atoms with Crippen LogP contribution in [0.2, 0.25) is 0 Å². The molecule has 2 N–H and O–H groups in total. The molecule has 18 heavy (non-hydrogen) atoms. The van der Waals surface area contributed by atoms with Crippen molar-refractivity contribution in [2.45, 2.75) is 19.9 Å². The van der Waals surface area contributed by atoms with Gasteiger partial charge in [0.15, 0.2) is 5.82 Å². The molecule has 5 nitrogen and oxygen atoms in total. The van der Waals surface area contributed by atoms with E-state index in [2.05, 4.69) is 25.8 Å². The summed E-state index contributed by atoms with van der Waals surface area (Å²) in [5, 5.41) is 13.8. The second-order valence-corrected chi connectivity index (χ2v) is 4.10. The van der Waals surface area contributed by atoms with Crippen LogP contribution in [-0.4, -0.2) is 21.2 Å². The number of hydrogen-bond acceptors (Lipinski definition) is 5. The van der Waals surface area contributed by atoms with Crippen LogP contribution in [0.5, 0.6) is 0 Å². The van der Waals surface area contributed by atoms with Gasteiger partial charge in [-0.25, -0.2) is 4.39 Å². The van der Waals surface area contributed by atoms with E-state index in [0.29, 0.717) is 17.5 Å². The molecule has 6 heteroatoms. The molecule has 0 fully saturated rings. The number of nitrogens with zero attached hydrogens (tertiary/aromatic N) is 3. The Morgan fingerprint density at radius 1 is 1.17 bits per heavy atom. The highest BCUT2D eigenvalue weighted by molar-refractivity contribution is 5.53. The Morgan fingerprint density at radius 2 is 1.89 bits per heavy atom. The van der Waals surface area contributed by atoms with E-state index in [-0.39, 0.29) is 11.9 Å². The lowest BCUT2D eigenvalue weighted by Crippen LogP contribution is -2.12. The van der Waals surface area contributed by atoms with E-state index in [1.165, 1.54) is 12.1 Å². The quantitative estimate of drug-likeness (QED) is 0.869. The molecule has 0 amide bonds. The summed E-state index contributed by atoms with van der Waals surface area (Å²) in [5.74, 6) is 0.728. The van der Waals surface area contributed by atoms with Crippen molar-refractivity contribution in [1.29, 1.82) is 0 Å². The van der Waals surface area contributed by atoms with E-state index in [0.717, 1.165) is 0 Å². The molecular weight excluding hydrogens is 233 g/mol. The van der Waals surface area contributed by atoms with Crippen LogP contribution in [0.3, 0.4) is 0 Å². The van der Waals surface area contributed by atoms with E-state index in [1.54, 1.807) is 18.3 Å². The summed E-state index contributed by atoms with van der Waals surface area (Å²) in [5.41, 5.74) is 0.708. The van der Waals surface area contributed by atoms with Crippen molar-refractivity contribution in [3.63, 3.8) is 0 Å². The predicted octanol–water partition coefficient (Wildman–Crippen LogP) is 2.57. The largest absolute Gasteiger partial charge is 0.366 e. The maximum Gasteiger partial charge on any atom is 0.249 e. The molecule has 1 aromatic carbocycles. The maximum atomic E-state index is 12.8. The van der Waals surface area contributed by atoms with Crippen LogP contribution in [0, 0.1) is 5.82 Å². The fraction of sp³-hybridized carbons (Fsp3) is 0.250. The van der Waals surface area contributed by atoms with Crippen LogP contribution < -0.4 is 10.6 Å². The summed E-state index contributed by atoms with van der Waals surface area (Å²) in [4.78, 5) is 4.24. The Balaban J connectivity index is 2.11. The molecule has 2 aromatic rings. The average molecular weight is 247 g/mol. The van der Waals surface area contributed by atoms with E-state index < -0.39 is 0 Å². The number of rotatable bonds is 4. The topological polar surface area (TPSA) is 62.7 Å². The second-order valence-electron chi connectivity index (χ2n) is 4.10. The minimum Gasteiger partial charge on any atom is -0.366 e. The van der Waals surface area contributed by atoms with Gasteiger partial charge in [0.05, 0.1) is 6.20 Å². The van der Waals surface area contributed by atoms with Gasteiger partial charge in [-0.05, 0) is 38.1 Å². The Bertz CT molecular complexity index is 512. The molecule has 94 valence electrons. The van der Waals surface area contributed by atoms with Crippen molar-refractivity contribution < 1.29 is 4.39 Å². The maximum absolute atomic E-state index is 12.8. The molecule has 0 aliphatic carbocycles. The zero-order chi connectivity index (χ0) is 13.0. The summed E-state index contributed by atoms with van der Waals surface area (Å²) >= 11 is 0. The fourth-order valence-corrected chi connectivity index (χ4v) is 1.38. The van der Waals surface area contributed by atoms with Crippen LogP contribution in [0.4, 0.5) is 21.8 Å². The molecule has 0 bridgehead atoms. The molecule has 0 saturated heterocycles. The number of nitrogens with one attached hydrogen (secondary N) is 2. The molecule has 0 saturated carbocycles.